The Balaban J connectivity index is 0. The van der Waals surface area contributed by atoms with E-state index >= 15 is 0 Å². The Morgan fingerprint density at radius 2 is 1.37 bits per heavy atom. The lowest BCUT2D eigenvalue weighted by molar-refractivity contribution is -0.00000466. The Labute approximate surface area is 142 Å². The summed E-state index contributed by atoms with van der Waals surface area (Å²) in [5, 5.41) is 7.31. The topological polar surface area (TPSA) is 15.6 Å². The fourth-order valence-corrected chi connectivity index (χ4v) is 7.67. The van der Waals surface area contributed by atoms with Gasteiger partial charge in [0.25, 0.3) is 0 Å². The van der Waals surface area contributed by atoms with Crippen molar-refractivity contribution in [3.63, 3.8) is 0 Å². The Morgan fingerprint density at radius 1 is 1.00 bits per heavy atom. The quantitative estimate of drug-likeness (QED) is 0.206. The number of hydrogen-bond donors (Lipinski definition) is 0. The molecular weight excluding hydrogens is 386 g/mol. The molecule has 0 N–H and O–H groups in total. The van der Waals surface area contributed by atoms with E-state index in [2.05, 4.69) is 59.7 Å². The average Bonchev–Trinajstić information content (AvgIpc) is 2.34. The maximum atomic E-state index is 5.04. The van der Waals surface area contributed by atoms with Crippen LogP contribution in [-0.4, -0.2) is 46.6 Å². The predicted molar refractivity (Wildman–Crippen MR) is 91.6 cm³/mol. The minimum absolute atomic E-state index is 0. The van der Waals surface area contributed by atoms with Crippen LogP contribution >= 0.6 is 19.0 Å². The van der Waals surface area contributed by atoms with E-state index in [1.807, 2.05) is 11.8 Å². The second-order valence-corrected chi connectivity index (χ2v) is 11.0. The summed E-state index contributed by atoms with van der Waals surface area (Å²) < 4.78 is 0. The Bertz CT molecular complexity index is 250. The molecule has 116 valence electrons. The molecule has 0 radical (unpaired) electrons. The van der Waals surface area contributed by atoms with Crippen molar-refractivity contribution in [2.45, 2.75) is 60.5 Å². The van der Waals surface area contributed by atoms with Crippen LogP contribution in [0.5, 0.6) is 0 Å². The van der Waals surface area contributed by atoms with Gasteiger partial charge in [0, 0.05) is 12.1 Å². The average molecular weight is 418 g/mol. The zero-order valence-corrected chi connectivity index (χ0v) is 17.8. The number of hydrogen-bond acceptors (Lipinski definition) is 3. The molecular formula is C14H32IN2PS. The first-order valence-electron chi connectivity index (χ1n) is 7.16. The summed E-state index contributed by atoms with van der Waals surface area (Å²) in [6.07, 6.45) is 6.03. The Kier molecular flexibility index (Phi) is 12.5. The van der Waals surface area contributed by atoms with Gasteiger partial charge in [-0.15, -0.1) is 5.10 Å². The van der Waals surface area contributed by atoms with E-state index in [1.165, 1.54) is 23.3 Å². The van der Waals surface area contributed by atoms with Crippen LogP contribution in [0.15, 0.2) is 5.10 Å². The molecule has 0 aromatic rings. The van der Waals surface area contributed by atoms with Gasteiger partial charge < -0.3 is 24.0 Å². The van der Waals surface area contributed by atoms with Crippen LogP contribution in [0.4, 0.5) is 0 Å². The number of nitrogens with zero attached hydrogens (tertiary/aromatic N) is 2. The van der Waals surface area contributed by atoms with Crippen LogP contribution in [-0.2, 0) is 0 Å². The highest BCUT2D eigenvalue weighted by Gasteiger charge is 2.39. The van der Waals surface area contributed by atoms with Gasteiger partial charge in [-0.05, 0) is 54.7 Å². The van der Waals surface area contributed by atoms with Crippen molar-refractivity contribution in [3.05, 3.63) is 0 Å². The van der Waals surface area contributed by atoms with Crippen molar-refractivity contribution >= 4 is 23.8 Å². The van der Waals surface area contributed by atoms with Gasteiger partial charge in [-0.25, -0.2) is 0 Å². The zero-order valence-electron chi connectivity index (χ0n) is 13.9. The summed E-state index contributed by atoms with van der Waals surface area (Å²) in [6, 6.07) is 0.944. The summed E-state index contributed by atoms with van der Waals surface area (Å²) in [5.74, 6) is 0. The summed E-state index contributed by atoms with van der Waals surface area (Å²) in [6.45, 7) is 15.9. The fraction of sp³-hybridized carbons (Fsp3) is 0.929. The van der Waals surface area contributed by atoms with Gasteiger partial charge in [-0.3, -0.25) is 5.01 Å². The molecule has 0 bridgehead atoms. The number of thioether (sulfide) groups is 1. The highest BCUT2D eigenvalue weighted by molar-refractivity contribution is 8.29. The van der Waals surface area contributed by atoms with Crippen LogP contribution in [0, 0.1) is 0 Å². The SMILES string of the molecule is CC[P+](CC)(CC)/C(=N\N(C(C)C)C(C)C)SC.[I-]. The van der Waals surface area contributed by atoms with E-state index < -0.39 is 7.26 Å². The number of hydrazone groups is 1. The second-order valence-electron chi connectivity index (χ2n) is 5.25. The molecule has 0 amide bonds. The van der Waals surface area contributed by atoms with Crippen molar-refractivity contribution in [3.8, 4) is 0 Å². The fourth-order valence-electron chi connectivity index (χ4n) is 2.33. The molecule has 0 atom stereocenters. The van der Waals surface area contributed by atoms with E-state index in [1.54, 1.807) is 0 Å². The summed E-state index contributed by atoms with van der Waals surface area (Å²) >= 11 is 1.87. The van der Waals surface area contributed by atoms with Crippen molar-refractivity contribution in [1.82, 2.24) is 5.01 Å². The molecule has 0 saturated heterocycles. The lowest BCUT2D eigenvalue weighted by Gasteiger charge is -2.31. The molecule has 0 aromatic heterocycles. The summed E-state index contributed by atoms with van der Waals surface area (Å²) in [4.78, 5) is 1.41. The Morgan fingerprint density at radius 3 is 1.58 bits per heavy atom. The molecule has 0 aliphatic rings. The van der Waals surface area contributed by atoms with Crippen LogP contribution < -0.4 is 24.0 Å². The second kappa shape index (κ2) is 10.7. The van der Waals surface area contributed by atoms with Gasteiger partial charge in [0.15, 0.2) is 0 Å². The predicted octanol–water partition coefficient (Wildman–Crippen LogP) is 1.82. The first-order valence-corrected chi connectivity index (χ1v) is 10.7. The van der Waals surface area contributed by atoms with Gasteiger partial charge in [-0.1, -0.05) is 11.8 Å². The van der Waals surface area contributed by atoms with Crippen molar-refractivity contribution in [1.29, 1.82) is 0 Å². The molecule has 0 aromatic carbocycles. The van der Waals surface area contributed by atoms with Crippen LogP contribution in [0.3, 0.4) is 0 Å². The molecule has 0 saturated carbocycles. The van der Waals surface area contributed by atoms with E-state index in [9.17, 15) is 0 Å². The van der Waals surface area contributed by atoms with E-state index in [0.29, 0.717) is 12.1 Å². The van der Waals surface area contributed by atoms with Crippen molar-refractivity contribution < 1.29 is 24.0 Å². The third-order valence-electron chi connectivity index (χ3n) is 3.66. The molecule has 0 rings (SSSR count). The highest BCUT2D eigenvalue weighted by Crippen LogP contribution is 2.61. The molecule has 2 nitrogen and oxygen atoms in total. The maximum absolute atomic E-state index is 5.04. The van der Waals surface area contributed by atoms with E-state index in [-0.39, 0.29) is 24.0 Å². The monoisotopic (exact) mass is 418 g/mol. The first kappa shape index (κ1) is 22.3. The number of halogens is 1. The molecule has 5 heteroatoms. The third-order valence-corrected chi connectivity index (χ3v) is 10.4. The minimum Gasteiger partial charge on any atom is -1.00 e. The molecule has 0 aliphatic heterocycles. The maximum Gasteiger partial charge on any atom is 0.233 e. The lowest BCUT2D eigenvalue weighted by atomic mass is 10.3. The van der Waals surface area contributed by atoms with Crippen molar-refractivity contribution in [2.75, 3.05) is 24.7 Å². The first-order chi connectivity index (χ1) is 8.38. The highest BCUT2D eigenvalue weighted by atomic mass is 127. The molecule has 0 unspecified atom stereocenters. The van der Waals surface area contributed by atoms with Gasteiger partial charge in [0.2, 0.25) is 4.78 Å². The normalized spacial score (nSPS) is 12.8. The summed E-state index contributed by atoms with van der Waals surface area (Å²) in [7, 11) is -1.01. The van der Waals surface area contributed by atoms with E-state index in [0.717, 1.165) is 0 Å². The third kappa shape index (κ3) is 6.09. The van der Waals surface area contributed by atoms with Crippen LogP contribution in [0.2, 0.25) is 0 Å². The minimum atomic E-state index is -1.01. The van der Waals surface area contributed by atoms with Crippen LogP contribution in [0.25, 0.3) is 0 Å². The zero-order chi connectivity index (χ0) is 14.3. The molecule has 0 spiro atoms. The molecule has 19 heavy (non-hydrogen) atoms. The van der Waals surface area contributed by atoms with Crippen molar-refractivity contribution in [2.24, 2.45) is 5.10 Å². The van der Waals surface area contributed by atoms with Gasteiger partial charge in [0.1, 0.15) is 0 Å². The molecule has 0 aliphatic carbocycles. The lowest BCUT2D eigenvalue weighted by Crippen LogP contribution is -3.00. The number of rotatable bonds is 7. The van der Waals surface area contributed by atoms with Gasteiger partial charge in [0.05, 0.1) is 25.7 Å². The standard InChI is InChI=1S/C14H32N2PS.HI/c1-9-17(10-2,11-3)14(18-8)15-16(12(4)5)13(6)7;/h12-13H,9-11H2,1-8H3;1H/q+1;/p-1/b15-14+;. The smallest absolute Gasteiger partial charge is 0.233 e. The molecule has 0 heterocycles. The van der Waals surface area contributed by atoms with Crippen LogP contribution in [0.1, 0.15) is 48.5 Å². The Hall–Kier alpha value is 0.980. The molecule has 0 fully saturated rings. The van der Waals surface area contributed by atoms with E-state index in [4.69, 9.17) is 5.10 Å². The van der Waals surface area contributed by atoms with Gasteiger partial charge in [-0.2, -0.15) is 0 Å². The largest absolute Gasteiger partial charge is 1.00 e. The summed E-state index contributed by atoms with van der Waals surface area (Å²) in [5.41, 5.74) is 0. The van der Waals surface area contributed by atoms with Gasteiger partial charge >= 0.3 is 0 Å².